The number of para-hydroxylation sites is 1. The lowest BCUT2D eigenvalue weighted by molar-refractivity contribution is -0.139. The van der Waals surface area contributed by atoms with E-state index < -0.39 is 12.0 Å². The number of benzene rings is 1. The Labute approximate surface area is 87.8 Å². The number of rotatable bonds is 1. The SMILES string of the molecule is C[C@@H]1Cc2ccccc2O[C@@H]1C(=O)NO. The average Bonchev–Trinajstić information content (AvgIpc) is 2.27. The highest BCUT2D eigenvalue weighted by Gasteiger charge is 2.31. The van der Waals surface area contributed by atoms with Gasteiger partial charge in [0, 0.05) is 5.92 Å². The first kappa shape index (κ1) is 9.98. The Morgan fingerprint density at radius 3 is 3.00 bits per heavy atom. The van der Waals surface area contributed by atoms with E-state index in [1.54, 1.807) is 5.48 Å². The zero-order valence-electron chi connectivity index (χ0n) is 8.43. The van der Waals surface area contributed by atoms with Crippen molar-refractivity contribution in [1.82, 2.24) is 5.48 Å². The standard InChI is InChI=1S/C11H13NO3/c1-7-6-8-4-2-3-5-9(8)15-10(7)11(13)12-14/h2-5,7,10,14H,6H2,1H3,(H,12,13)/t7-,10+/m1/s1. The van der Waals surface area contributed by atoms with Crippen molar-refractivity contribution < 1.29 is 14.7 Å². The highest BCUT2D eigenvalue weighted by molar-refractivity contribution is 5.80. The minimum atomic E-state index is -0.607. The fraction of sp³-hybridized carbons (Fsp3) is 0.364. The minimum absolute atomic E-state index is 0.0621. The number of hydrogen-bond donors (Lipinski definition) is 2. The largest absolute Gasteiger partial charge is 0.480 e. The molecule has 1 heterocycles. The summed E-state index contributed by atoms with van der Waals surface area (Å²) in [4.78, 5) is 11.3. The highest BCUT2D eigenvalue weighted by Crippen LogP contribution is 2.30. The number of hydrogen-bond acceptors (Lipinski definition) is 3. The lowest BCUT2D eigenvalue weighted by Crippen LogP contribution is -2.43. The molecule has 2 N–H and O–H groups in total. The maximum absolute atomic E-state index is 11.3. The summed E-state index contributed by atoms with van der Waals surface area (Å²) in [6, 6.07) is 7.63. The van der Waals surface area contributed by atoms with E-state index in [0.717, 1.165) is 17.7 Å². The molecule has 0 bridgehead atoms. The Bertz CT molecular complexity index is 378. The molecule has 4 nitrogen and oxygen atoms in total. The second kappa shape index (κ2) is 3.90. The molecule has 2 rings (SSSR count). The van der Waals surface area contributed by atoms with Crippen LogP contribution >= 0.6 is 0 Å². The molecule has 1 aliphatic rings. The van der Waals surface area contributed by atoms with Gasteiger partial charge in [-0.1, -0.05) is 25.1 Å². The highest BCUT2D eigenvalue weighted by atomic mass is 16.5. The van der Waals surface area contributed by atoms with Crippen LogP contribution in [0.15, 0.2) is 24.3 Å². The number of nitrogens with one attached hydrogen (secondary N) is 1. The van der Waals surface area contributed by atoms with Gasteiger partial charge >= 0.3 is 0 Å². The number of carbonyl (C=O) groups excluding carboxylic acids is 1. The van der Waals surface area contributed by atoms with E-state index >= 15 is 0 Å². The average molecular weight is 207 g/mol. The van der Waals surface area contributed by atoms with E-state index in [1.807, 2.05) is 31.2 Å². The van der Waals surface area contributed by atoms with Gasteiger partial charge in [0.1, 0.15) is 5.75 Å². The van der Waals surface area contributed by atoms with Gasteiger partial charge in [0.25, 0.3) is 5.91 Å². The summed E-state index contributed by atoms with van der Waals surface area (Å²) in [6.07, 6.45) is 0.179. The van der Waals surface area contributed by atoms with Gasteiger partial charge in [-0.2, -0.15) is 0 Å². The summed E-state index contributed by atoms with van der Waals surface area (Å²) in [7, 11) is 0. The maximum atomic E-state index is 11.3. The van der Waals surface area contributed by atoms with Crippen LogP contribution in [-0.4, -0.2) is 17.2 Å². The predicted octanol–water partition coefficient (Wildman–Crippen LogP) is 1.13. The van der Waals surface area contributed by atoms with Crippen molar-refractivity contribution in [3.63, 3.8) is 0 Å². The van der Waals surface area contributed by atoms with Gasteiger partial charge in [-0.05, 0) is 18.1 Å². The molecule has 0 spiro atoms. The molecule has 2 atom stereocenters. The van der Waals surface area contributed by atoms with Crippen LogP contribution in [0, 0.1) is 5.92 Å². The smallest absolute Gasteiger partial charge is 0.284 e. The number of carbonyl (C=O) groups is 1. The van der Waals surface area contributed by atoms with Crippen molar-refractivity contribution >= 4 is 5.91 Å². The maximum Gasteiger partial charge on any atom is 0.284 e. The third-order valence-corrected chi connectivity index (χ3v) is 2.65. The van der Waals surface area contributed by atoms with Gasteiger partial charge in [-0.3, -0.25) is 10.0 Å². The van der Waals surface area contributed by atoms with Gasteiger partial charge < -0.3 is 4.74 Å². The molecule has 0 aromatic heterocycles. The van der Waals surface area contributed by atoms with E-state index in [2.05, 4.69) is 0 Å². The van der Waals surface area contributed by atoms with Gasteiger partial charge in [0.05, 0.1) is 0 Å². The third kappa shape index (κ3) is 1.80. The second-order valence-electron chi connectivity index (χ2n) is 3.80. The summed E-state index contributed by atoms with van der Waals surface area (Å²) < 4.78 is 5.52. The van der Waals surface area contributed by atoms with Crippen LogP contribution in [0.3, 0.4) is 0 Å². The first-order valence-corrected chi connectivity index (χ1v) is 4.91. The molecule has 0 fully saturated rings. The molecule has 80 valence electrons. The van der Waals surface area contributed by atoms with Crippen molar-refractivity contribution in [1.29, 1.82) is 0 Å². The predicted molar refractivity (Wildman–Crippen MR) is 53.7 cm³/mol. The van der Waals surface area contributed by atoms with Crippen LogP contribution in [0.5, 0.6) is 5.75 Å². The van der Waals surface area contributed by atoms with E-state index in [1.165, 1.54) is 0 Å². The molecule has 1 aromatic carbocycles. The molecule has 4 heteroatoms. The van der Waals surface area contributed by atoms with Crippen molar-refractivity contribution in [2.75, 3.05) is 0 Å². The minimum Gasteiger partial charge on any atom is -0.480 e. The first-order valence-electron chi connectivity index (χ1n) is 4.91. The topological polar surface area (TPSA) is 58.6 Å². The summed E-state index contributed by atoms with van der Waals surface area (Å²) in [5.41, 5.74) is 2.74. The molecule has 0 saturated heterocycles. The second-order valence-corrected chi connectivity index (χ2v) is 3.80. The van der Waals surface area contributed by atoms with E-state index in [-0.39, 0.29) is 5.92 Å². The molecule has 0 radical (unpaired) electrons. The Morgan fingerprint density at radius 2 is 2.27 bits per heavy atom. The van der Waals surface area contributed by atoms with Crippen molar-refractivity contribution in [2.45, 2.75) is 19.4 Å². The van der Waals surface area contributed by atoms with Crippen LogP contribution in [0.2, 0.25) is 0 Å². The molecular formula is C11H13NO3. The number of hydroxylamine groups is 1. The number of amides is 1. The molecule has 0 saturated carbocycles. The monoisotopic (exact) mass is 207 g/mol. The lowest BCUT2D eigenvalue weighted by atomic mass is 9.92. The normalized spacial score (nSPS) is 23.9. The molecule has 15 heavy (non-hydrogen) atoms. The molecule has 0 aliphatic carbocycles. The molecular weight excluding hydrogens is 194 g/mol. The molecule has 1 amide bonds. The van der Waals surface area contributed by atoms with E-state index in [9.17, 15) is 4.79 Å². The zero-order chi connectivity index (χ0) is 10.8. The molecule has 0 unspecified atom stereocenters. The van der Waals surface area contributed by atoms with Gasteiger partial charge in [0.2, 0.25) is 0 Å². The fourth-order valence-electron chi connectivity index (χ4n) is 1.87. The summed E-state index contributed by atoms with van der Waals surface area (Å²) in [5.74, 6) is 0.299. The first-order chi connectivity index (χ1) is 7.22. The zero-order valence-corrected chi connectivity index (χ0v) is 8.43. The van der Waals surface area contributed by atoms with Gasteiger partial charge in [-0.25, -0.2) is 5.48 Å². The van der Waals surface area contributed by atoms with E-state index in [0.29, 0.717) is 0 Å². The third-order valence-electron chi connectivity index (χ3n) is 2.65. The Balaban J connectivity index is 2.25. The summed E-state index contributed by atoms with van der Waals surface area (Å²) in [6.45, 7) is 1.93. The molecule has 1 aliphatic heterocycles. The van der Waals surface area contributed by atoms with Crippen LogP contribution in [0.25, 0.3) is 0 Å². The Kier molecular flexibility index (Phi) is 2.60. The molecule has 1 aromatic rings. The van der Waals surface area contributed by atoms with Crippen LogP contribution < -0.4 is 10.2 Å². The fourth-order valence-corrected chi connectivity index (χ4v) is 1.87. The van der Waals surface area contributed by atoms with Crippen molar-refractivity contribution in [2.24, 2.45) is 5.92 Å². The summed E-state index contributed by atoms with van der Waals surface area (Å²) >= 11 is 0. The van der Waals surface area contributed by atoms with Crippen molar-refractivity contribution in [3.8, 4) is 5.75 Å². The van der Waals surface area contributed by atoms with Crippen molar-refractivity contribution in [3.05, 3.63) is 29.8 Å². The van der Waals surface area contributed by atoms with Crippen LogP contribution in [-0.2, 0) is 11.2 Å². The number of fused-ring (bicyclic) bond motifs is 1. The van der Waals surface area contributed by atoms with E-state index in [4.69, 9.17) is 9.94 Å². The van der Waals surface area contributed by atoms with Gasteiger partial charge in [-0.15, -0.1) is 0 Å². The van der Waals surface area contributed by atoms with Gasteiger partial charge in [0.15, 0.2) is 6.10 Å². The van der Waals surface area contributed by atoms with Crippen LogP contribution in [0.1, 0.15) is 12.5 Å². The Hall–Kier alpha value is -1.55. The quantitative estimate of drug-likeness (QED) is 0.536. The lowest BCUT2D eigenvalue weighted by Gasteiger charge is -2.29. The Morgan fingerprint density at radius 1 is 1.53 bits per heavy atom. The summed E-state index contributed by atoms with van der Waals surface area (Å²) in [5, 5.41) is 8.57. The van der Waals surface area contributed by atoms with Crippen LogP contribution in [0.4, 0.5) is 0 Å². The number of ether oxygens (including phenoxy) is 1.